The van der Waals surface area contributed by atoms with Crippen molar-refractivity contribution in [2.24, 2.45) is 0 Å². The lowest BCUT2D eigenvalue weighted by atomic mass is 10.1. The molecule has 0 bridgehead atoms. The van der Waals surface area contributed by atoms with Crippen LogP contribution >= 0.6 is 0 Å². The first-order valence-corrected chi connectivity index (χ1v) is 9.89. The van der Waals surface area contributed by atoms with Gasteiger partial charge in [-0.15, -0.1) is 0 Å². The molecule has 5 nitrogen and oxygen atoms in total. The highest BCUT2D eigenvalue weighted by atomic mass is 16.5. The molecule has 5 heteroatoms. The molecule has 1 N–H and O–H groups in total. The Morgan fingerprint density at radius 2 is 1.71 bits per heavy atom. The molecule has 0 saturated carbocycles. The standard InChI is InChI=1S/C23H31NO4/c1-5-12-27-21-11-10-19(16-22(21)28-13-6-2)17(3)24-23(25)15-18-8-7-9-20(14-18)26-4/h7-11,14,16-17H,5-6,12-13,15H2,1-4H3,(H,24,25). The van der Waals surface area contributed by atoms with Crippen molar-refractivity contribution in [2.75, 3.05) is 20.3 Å². The monoisotopic (exact) mass is 385 g/mol. The number of amides is 1. The van der Waals surface area contributed by atoms with E-state index in [0.717, 1.165) is 41.2 Å². The molecule has 0 aliphatic heterocycles. The van der Waals surface area contributed by atoms with Gasteiger partial charge in [0.2, 0.25) is 5.91 Å². The maximum atomic E-state index is 12.5. The Morgan fingerprint density at radius 1 is 1.00 bits per heavy atom. The molecular weight excluding hydrogens is 354 g/mol. The Kier molecular flexibility index (Phi) is 8.66. The van der Waals surface area contributed by atoms with Crippen molar-refractivity contribution in [1.82, 2.24) is 5.32 Å². The second-order valence-corrected chi connectivity index (χ2v) is 6.72. The molecule has 0 heterocycles. The van der Waals surface area contributed by atoms with E-state index in [2.05, 4.69) is 19.2 Å². The molecule has 0 spiro atoms. The average molecular weight is 386 g/mol. The summed E-state index contributed by atoms with van der Waals surface area (Å²) in [6.07, 6.45) is 2.16. The van der Waals surface area contributed by atoms with Crippen molar-refractivity contribution in [3.8, 4) is 17.2 Å². The number of nitrogens with one attached hydrogen (secondary N) is 1. The van der Waals surface area contributed by atoms with E-state index in [1.807, 2.05) is 49.4 Å². The van der Waals surface area contributed by atoms with Gasteiger partial charge in [0.05, 0.1) is 32.8 Å². The highest BCUT2D eigenvalue weighted by molar-refractivity contribution is 5.79. The van der Waals surface area contributed by atoms with Crippen LogP contribution in [0.2, 0.25) is 0 Å². The van der Waals surface area contributed by atoms with Gasteiger partial charge in [0.1, 0.15) is 5.75 Å². The Labute approximate surface area is 168 Å². The quantitative estimate of drug-likeness (QED) is 0.609. The van der Waals surface area contributed by atoms with Gasteiger partial charge in [0, 0.05) is 0 Å². The molecule has 0 aliphatic rings. The zero-order valence-corrected chi connectivity index (χ0v) is 17.3. The summed E-state index contributed by atoms with van der Waals surface area (Å²) in [7, 11) is 1.62. The third-order valence-electron chi connectivity index (χ3n) is 4.27. The Bertz CT molecular complexity index is 760. The minimum Gasteiger partial charge on any atom is -0.497 e. The van der Waals surface area contributed by atoms with E-state index < -0.39 is 0 Å². The molecule has 0 aliphatic carbocycles. The van der Waals surface area contributed by atoms with Crippen molar-refractivity contribution < 1.29 is 19.0 Å². The highest BCUT2D eigenvalue weighted by Gasteiger charge is 2.14. The highest BCUT2D eigenvalue weighted by Crippen LogP contribution is 2.31. The minimum atomic E-state index is -0.137. The lowest BCUT2D eigenvalue weighted by molar-refractivity contribution is -0.121. The third-order valence-corrected chi connectivity index (χ3v) is 4.27. The molecular formula is C23H31NO4. The molecule has 2 rings (SSSR count). The minimum absolute atomic E-state index is 0.0388. The summed E-state index contributed by atoms with van der Waals surface area (Å²) in [5.74, 6) is 2.18. The molecule has 1 atom stereocenters. The number of hydrogen-bond donors (Lipinski definition) is 1. The maximum absolute atomic E-state index is 12.5. The number of carbonyl (C=O) groups is 1. The van der Waals surface area contributed by atoms with E-state index in [4.69, 9.17) is 14.2 Å². The molecule has 152 valence electrons. The van der Waals surface area contributed by atoms with Crippen LogP contribution in [0.3, 0.4) is 0 Å². The van der Waals surface area contributed by atoms with Gasteiger partial charge in [-0.05, 0) is 55.2 Å². The molecule has 1 amide bonds. The van der Waals surface area contributed by atoms with E-state index in [9.17, 15) is 4.79 Å². The largest absolute Gasteiger partial charge is 0.497 e. The molecule has 2 aromatic rings. The van der Waals surface area contributed by atoms with Gasteiger partial charge in [0.25, 0.3) is 0 Å². The summed E-state index contributed by atoms with van der Waals surface area (Å²) in [6, 6.07) is 13.3. The fourth-order valence-corrected chi connectivity index (χ4v) is 2.79. The molecule has 0 radical (unpaired) electrons. The van der Waals surface area contributed by atoms with Gasteiger partial charge in [0.15, 0.2) is 11.5 Å². The van der Waals surface area contributed by atoms with Crippen molar-refractivity contribution in [3.63, 3.8) is 0 Å². The summed E-state index contributed by atoms with van der Waals surface area (Å²) < 4.78 is 16.8. The summed E-state index contributed by atoms with van der Waals surface area (Å²) >= 11 is 0. The number of hydrogen-bond acceptors (Lipinski definition) is 4. The smallest absolute Gasteiger partial charge is 0.224 e. The van der Waals surface area contributed by atoms with Crippen molar-refractivity contribution in [3.05, 3.63) is 53.6 Å². The molecule has 2 aromatic carbocycles. The molecule has 0 fully saturated rings. The Morgan fingerprint density at radius 3 is 2.39 bits per heavy atom. The first-order chi connectivity index (χ1) is 13.6. The predicted molar refractivity (Wildman–Crippen MR) is 111 cm³/mol. The Balaban J connectivity index is 2.05. The first kappa shape index (κ1) is 21.6. The number of carbonyl (C=O) groups excluding carboxylic acids is 1. The van der Waals surface area contributed by atoms with Crippen LogP contribution in [-0.2, 0) is 11.2 Å². The maximum Gasteiger partial charge on any atom is 0.224 e. The van der Waals surface area contributed by atoms with Gasteiger partial charge in [-0.3, -0.25) is 4.79 Å². The number of rotatable bonds is 11. The SMILES string of the molecule is CCCOc1ccc(C(C)NC(=O)Cc2cccc(OC)c2)cc1OCCC. The van der Waals surface area contributed by atoms with Gasteiger partial charge in [-0.1, -0.05) is 32.0 Å². The van der Waals surface area contributed by atoms with Crippen LogP contribution in [0.25, 0.3) is 0 Å². The topological polar surface area (TPSA) is 56.8 Å². The zero-order valence-electron chi connectivity index (χ0n) is 17.3. The van der Waals surface area contributed by atoms with Crippen LogP contribution in [0.4, 0.5) is 0 Å². The number of ether oxygens (including phenoxy) is 3. The van der Waals surface area contributed by atoms with Crippen LogP contribution < -0.4 is 19.5 Å². The lowest BCUT2D eigenvalue weighted by Crippen LogP contribution is -2.28. The summed E-state index contributed by atoms with van der Waals surface area (Å²) in [5.41, 5.74) is 1.90. The third kappa shape index (κ3) is 6.48. The molecule has 1 unspecified atom stereocenters. The molecule has 0 aromatic heterocycles. The fourth-order valence-electron chi connectivity index (χ4n) is 2.79. The van der Waals surface area contributed by atoms with Gasteiger partial charge >= 0.3 is 0 Å². The van der Waals surface area contributed by atoms with Crippen molar-refractivity contribution in [1.29, 1.82) is 0 Å². The average Bonchev–Trinajstić information content (AvgIpc) is 2.70. The molecule has 28 heavy (non-hydrogen) atoms. The zero-order chi connectivity index (χ0) is 20.4. The van der Waals surface area contributed by atoms with Crippen LogP contribution in [0, 0.1) is 0 Å². The van der Waals surface area contributed by atoms with E-state index in [0.29, 0.717) is 19.6 Å². The number of benzene rings is 2. The van der Waals surface area contributed by atoms with Gasteiger partial charge in [-0.2, -0.15) is 0 Å². The number of methoxy groups -OCH3 is 1. The van der Waals surface area contributed by atoms with E-state index in [1.165, 1.54) is 0 Å². The van der Waals surface area contributed by atoms with Crippen LogP contribution in [0.5, 0.6) is 17.2 Å². The predicted octanol–water partition coefficient (Wildman–Crippen LogP) is 4.69. The fraction of sp³-hybridized carbons (Fsp3) is 0.435. The van der Waals surface area contributed by atoms with E-state index in [1.54, 1.807) is 7.11 Å². The Hall–Kier alpha value is -2.69. The first-order valence-electron chi connectivity index (χ1n) is 9.89. The van der Waals surface area contributed by atoms with E-state index >= 15 is 0 Å². The molecule has 0 saturated heterocycles. The van der Waals surface area contributed by atoms with Crippen LogP contribution in [0.1, 0.15) is 50.8 Å². The van der Waals surface area contributed by atoms with Crippen molar-refractivity contribution in [2.45, 2.75) is 46.1 Å². The van der Waals surface area contributed by atoms with Crippen LogP contribution in [0.15, 0.2) is 42.5 Å². The lowest BCUT2D eigenvalue weighted by Gasteiger charge is -2.18. The summed E-state index contributed by atoms with van der Waals surface area (Å²) in [6.45, 7) is 7.38. The van der Waals surface area contributed by atoms with Gasteiger partial charge < -0.3 is 19.5 Å². The van der Waals surface area contributed by atoms with Crippen molar-refractivity contribution >= 4 is 5.91 Å². The van der Waals surface area contributed by atoms with Crippen LogP contribution in [-0.4, -0.2) is 26.2 Å². The summed E-state index contributed by atoms with van der Waals surface area (Å²) in [4.78, 5) is 12.5. The van der Waals surface area contributed by atoms with Gasteiger partial charge in [-0.25, -0.2) is 0 Å². The van der Waals surface area contributed by atoms with E-state index in [-0.39, 0.29) is 11.9 Å². The second-order valence-electron chi connectivity index (χ2n) is 6.72. The summed E-state index contributed by atoms with van der Waals surface area (Å²) in [5, 5.41) is 3.05. The second kappa shape index (κ2) is 11.2. The normalized spacial score (nSPS) is 11.6.